The summed E-state index contributed by atoms with van der Waals surface area (Å²) in [5.74, 6) is -2.25. The summed E-state index contributed by atoms with van der Waals surface area (Å²) in [5, 5.41) is 8.91. The number of thiazole rings is 1. The smallest absolute Gasteiger partial charge is 0.314 e. The molecule has 1 aliphatic heterocycles. The Balaban J connectivity index is 0.000000501. The van der Waals surface area contributed by atoms with E-state index < -0.39 is 23.9 Å². The lowest BCUT2D eigenvalue weighted by Crippen LogP contribution is -2.57. The zero-order chi connectivity index (χ0) is 32.7. The molecule has 1 fully saturated rings. The molecule has 3 heterocycles. The van der Waals surface area contributed by atoms with E-state index in [9.17, 15) is 19.2 Å². The summed E-state index contributed by atoms with van der Waals surface area (Å²) in [5.41, 5.74) is 3.60. The minimum atomic E-state index is -0.886. The third kappa shape index (κ3) is 9.56. The lowest BCUT2D eigenvalue weighted by molar-refractivity contribution is -0.137. The largest absolute Gasteiger partial charge is 0.349 e. The third-order valence-electron chi connectivity index (χ3n) is 7.78. The van der Waals surface area contributed by atoms with Crippen molar-refractivity contribution in [3.05, 3.63) is 74.3 Å². The zero-order valence-corrected chi connectivity index (χ0v) is 27.8. The Bertz CT molecular complexity index is 1490. The zero-order valence-electron chi connectivity index (χ0n) is 26.2. The number of likely N-dealkylation sites (N-methyl/N-ethyl adjacent to an activating group) is 1. The van der Waals surface area contributed by atoms with Gasteiger partial charge in [0.25, 0.3) is 5.91 Å². The molecule has 2 aromatic heterocycles. The molecule has 1 aliphatic carbocycles. The van der Waals surface area contributed by atoms with E-state index in [2.05, 4.69) is 68.9 Å². The van der Waals surface area contributed by atoms with Crippen molar-refractivity contribution in [2.75, 3.05) is 33.0 Å². The average molecular weight is 654 g/mol. The van der Waals surface area contributed by atoms with Gasteiger partial charge in [-0.05, 0) is 52.3 Å². The summed E-state index contributed by atoms with van der Waals surface area (Å²) in [6, 6.07) is 10.4. The molecule has 0 saturated heterocycles. The van der Waals surface area contributed by atoms with Crippen LogP contribution in [-0.2, 0) is 27.3 Å². The first-order valence-corrected chi connectivity index (χ1v) is 16.0. The number of anilines is 1. The van der Waals surface area contributed by atoms with Crippen molar-refractivity contribution in [2.24, 2.45) is 5.92 Å². The third-order valence-corrected chi connectivity index (χ3v) is 9.09. The lowest BCUT2D eigenvalue weighted by atomic mass is 9.81. The van der Waals surface area contributed by atoms with E-state index in [1.165, 1.54) is 39.6 Å². The number of fused-ring (bicyclic) bond motifs is 1. The molecule has 3 aromatic rings. The molecule has 0 radical (unpaired) electrons. The molecule has 1 aromatic carbocycles. The maximum Gasteiger partial charge on any atom is 0.314 e. The summed E-state index contributed by atoms with van der Waals surface area (Å²) in [4.78, 5) is 64.3. The molecular weight excluding hydrogens is 614 g/mol. The van der Waals surface area contributed by atoms with E-state index >= 15 is 0 Å². The van der Waals surface area contributed by atoms with Crippen LogP contribution in [0.15, 0.2) is 42.6 Å². The molecule has 5 rings (SSSR count). The van der Waals surface area contributed by atoms with Crippen LogP contribution in [0.25, 0.3) is 0 Å². The van der Waals surface area contributed by atoms with Crippen LogP contribution in [-0.4, -0.2) is 83.2 Å². The first kappa shape index (κ1) is 34.0. The van der Waals surface area contributed by atoms with Gasteiger partial charge in [0.1, 0.15) is 5.82 Å². The number of amides is 4. The maximum absolute atomic E-state index is 13.2. The van der Waals surface area contributed by atoms with Crippen LogP contribution in [0.3, 0.4) is 0 Å². The summed E-state index contributed by atoms with van der Waals surface area (Å²) in [6.45, 7) is 5.83. The van der Waals surface area contributed by atoms with Gasteiger partial charge in [-0.15, -0.1) is 11.3 Å². The highest BCUT2D eigenvalue weighted by Gasteiger charge is 2.37. The molecule has 45 heavy (non-hydrogen) atoms. The maximum atomic E-state index is 13.2. The van der Waals surface area contributed by atoms with E-state index in [0.29, 0.717) is 29.3 Å². The first-order chi connectivity index (χ1) is 21.4. The lowest BCUT2D eigenvalue weighted by Gasteiger charge is -2.37. The number of benzene rings is 1. The first-order valence-electron chi connectivity index (χ1n) is 14.9. The van der Waals surface area contributed by atoms with Crippen molar-refractivity contribution in [3.8, 4) is 0 Å². The topological polar surface area (TPSA) is 137 Å². The fourth-order valence-corrected chi connectivity index (χ4v) is 6.44. The van der Waals surface area contributed by atoms with Gasteiger partial charge in [-0.2, -0.15) is 0 Å². The molecule has 3 atom stereocenters. The number of pyridine rings is 1. The molecular formula is C32H40ClN7O4S. The molecule has 4 amide bonds. The van der Waals surface area contributed by atoms with Crippen LogP contribution in [0.2, 0.25) is 5.02 Å². The molecule has 13 heteroatoms. The van der Waals surface area contributed by atoms with E-state index in [1.807, 2.05) is 7.05 Å². The van der Waals surface area contributed by atoms with E-state index in [-0.39, 0.29) is 23.6 Å². The molecule has 3 N–H and O–H groups in total. The second-order valence-corrected chi connectivity index (χ2v) is 13.3. The number of aromatic nitrogens is 2. The minimum absolute atomic E-state index is 0.0386. The minimum Gasteiger partial charge on any atom is -0.349 e. The number of carbonyl (C=O) groups is 4. The van der Waals surface area contributed by atoms with Crippen molar-refractivity contribution in [3.63, 3.8) is 0 Å². The van der Waals surface area contributed by atoms with Gasteiger partial charge in [0.15, 0.2) is 5.01 Å². The number of carbonyl (C=O) groups excluding carboxylic acids is 4. The van der Waals surface area contributed by atoms with Gasteiger partial charge >= 0.3 is 11.8 Å². The normalized spacial score (nSPS) is 19.3. The molecule has 0 bridgehead atoms. The standard InChI is InChI=1S/C24H30ClN7O4S.C8H10/c1-31(2)24(36)13-4-6-15(27-20(33)21(34)30-19-7-5-14(25)11-26-19)17(10-13)28-22(35)23-29-16-8-9-32(3)12-18(16)37-23;1-7-3-5-8(2)6-4-7/h5,7,11,13,15,17H,4,6,8-10,12H2,1-3H3,(H,27,33)(H,28,35)(H,26,30,34);3-6H,1-2H3/t13-,15-,17+;/m0./s1. The Hall–Kier alpha value is -3.87. The molecule has 11 nitrogen and oxygen atoms in total. The highest BCUT2D eigenvalue weighted by molar-refractivity contribution is 7.13. The summed E-state index contributed by atoms with van der Waals surface area (Å²) < 4.78 is 0. The van der Waals surface area contributed by atoms with Gasteiger partial charge in [0.2, 0.25) is 5.91 Å². The fraction of sp³-hybridized carbons (Fsp3) is 0.438. The van der Waals surface area contributed by atoms with Gasteiger partial charge in [-0.25, -0.2) is 9.97 Å². The average Bonchev–Trinajstić information content (AvgIpc) is 3.44. The summed E-state index contributed by atoms with van der Waals surface area (Å²) in [7, 11) is 5.41. The van der Waals surface area contributed by atoms with Gasteiger partial charge < -0.3 is 25.8 Å². The molecule has 0 unspecified atom stereocenters. The Morgan fingerprint density at radius 2 is 1.64 bits per heavy atom. The molecule has 1 saturated carbocycles. The number of nitrogens with zero attached hydrogens (tertiary/aromatic N) is 4. The van der Waals surface area contributed by atoms with Crippen LogP contribution in [0, 0.1) is 19.8 Å². The van der Waals surface area contributed by atoms with Crippen LogP contribution in [0.1, 0.15) is 50.8 Å². The number of hydrogen-bond acceptors (Lipinski definition) is 8. The van der Waals surface area contributed by atoms with Crippen LogP contribution >= 0.6 is 22.9 Å². The van der Waals surface area contributed by atoms with Crippen molar-refractivity contribution >= 4 is 52.4 Å². The van der Waals surface area contributed by atoms with Crippen LogP contribution in [0.5, 0.6) is 0 Å². The molecule has 240 valence electrons. The van der Waals surface area contributed by atoms with Crippen molar-refractivity contribution in [1.82, 2.24) is 30.4 Å². The van der Waals surface area contributed by atoms with Gasteiger partial charge in [0, 0.05) is 56.6 Å². The van der Waals surface area contributed by atoms with Gasteiger partial charge in [-0.1, -0.05) is 47.0 Å². The Kier molecular flexibility index (Phi) is 11.7. The summed E-state index contributed by atoms with van der Waals surface area (Å²) in [6.07, 6.45) is 3.42. The van der Waals surface area contributed by atoms with E-state index in [0.717, 1.165) is 30.1 Å². The van der Waals surface area contributed by atoms with Crippen molar-refractivity contribution < 1.29 is 19.2 Å². The summed E-state index contributed by atoms with van der Waals surface area (Å²) >= 11 is 7.17. The van der Waals surface area contributed by atoms with E-state index in [4.69, 9.17) is 11.6 Å². The molecule has 0 spiro atoms. The number of hydrogen-bond donors (Lipinski definition) is 3. The van der Waals surface area contributed by atoms with Crippen molar-refractivity contribution in [1.29, 1.82) is 0 Å². The number of rotatable bonds is 5. The van der Waals surface area contributed by atoms with Crippen molar-refractivity contribution in [2.45, 2.75) is 58.2 Å². The number of aryl methyl sites for hydroxylation is 2. The Morgan fingerprint density at radius 3 is 2.27 bits per heavy atom. The second kappa shape index (κ2) is 15.4. The fourth-order valence-electron chi connectivity index (χ4n) is 5.24. The highest BCUT2D eigenvalue weighted by atomic mass is 35.5. The predicted octanol–water partition coefficient (Wildman–Crippen LogP) is 3.59. The Labute approximate surface area is 272 Å². The highest BCUT2D eigenvalue weighted by Crippen LogP contribution is 2.28. The second-order valence-electron chi connectivity index (χ2n) is 11.7. The quantitative estimate of drug-likeness (QED) is 0.358. The van der Waals surface area contributed by atoms with Gasteiger partial charge in [-0.3, -0.25) is 19.2 Å². The Morgan fingerprint density at radius 1 is 0.956 bits per heavy atom. The van der Waals surface area contributed by atoms with Crippen LogP contribution in [0.4, 0.5) is 5.82 Å². The van der Waals surface area contributed by atoms with Crippen LogP contribution < -0.4 is 16.0 Å². The van der Waals surface area contributed by atoms with Gasteiger partial charge in [0.05, 0.1) is 16.8 Å². The molecule has 2 aliphatic rings. The monoisotopic (exact) mass is 653 g/mol. The SMILES string of the molecule is CN1CCc2nc(C(=O)N[C@@H]3C[C@@H](C(=O)N(C)C)CC[C@@H]3NC(=O)C(=O)Nc3ccc(Cl)cn3)sc2C1.Cc1ccc(C)cc1. The number of halogens is 1. The predicted molar refractivity (Wildman–Crippen MR) is 175 cm³/mol. The number of nitrogens with one attached hydrogen (secondary N) is 3. The van der Waals surface area contributed by atoms with E-state index in [1.54, 1.807) is 20.2 Å².